The van der Waals surface area contributed by atoms with Crippen LogP contribution in [0.5, 0.6) is 0 Å². The zero-order valence-electron chi connectivity index (χ0n) is 10.6. The van der Waals surface area contributed by atoms with Crippen LogP contribution < -0.4 is 5.32 Å². The molecular weight excluding hydrogens is 230 g/mol. The summed E-state index contributed by atoms with van der Waals surface area (Å²) in [7, 11) is 0. The number of aliphatic hydroxyl groups excluding tert-OH is 1. The molecule has 5 nitrogen and oxygen atoms in total. The first-order valence-electron chi connectivity index (χ1n) is 6.69. The highest BCUT2D eigenvalue weighted by Gasteiger charge is 2.24. The molecule has 0 spiro atoms. The molecule has 0 saturated carbocycles. The molecule has 0 aliphatic carbocycles. The number of unbranched alkanes of at least 4 members (excludes halogenated alkanes) is 2. The molecule has 0 radical (unpaired) electrons. The first-order chi connectivity index (χ1) is 8.81. The number of amides is 1. The second-order valence-electron chi connectivity index (χ2n) is 4.84. The first kappa shape index (κ1) is 13.1. The van der Waals surface area contributed by atoms with Crippen LogP contribution in [0.2, 0.25) is 0 Å². The van der Waals surface area contributed by atoms with Gasteiger partial charge in [-0.2, -0.15) is 0 Å². The fourth-order valence-electron chi connectivity index (χ4n) is 2.36. The van der Waals surface area contributed by atoms with E-state index in [0.717, 1.165) is 44.3 Å². The summed E-state index contributed by atoms with van der Waals surface area (Å²) in [5.41, 5.74) is 1.15. The summed E-state index contributed by atoms with van der Waals surface area (Å²) < 4.78 is 2.12. The Morgan fingerprint density at radius 2 is 2.39 bits per heavy atom. The van der Waals surface area contributed by atoms with Gasteiger partial charge in [0, 0.05) is 43.9 Å². The maximum absolute atomic E-state index is 12.0. The number of rotatable bonds is 6. The van der Waals surface area contributed by atoms with Crippen LogP contribution in [0, 0.1) is 5.92 Å². The van der Waals surface area contributed by atoms with Crippen LogP contribution >= 0.6 is 0 Å². The Morgan fingerprint density at radius 3 is 3.22 bits per heavy atom. The third-order valence-corrected chi connectivity index (χ3v) is 3.48. The van der Waals surface area contributed by atoms with Gasteiger partial charge in [0.15, 0.2) is 0 Å². The summed E-state index contributed by atoms with van der Waals surface area (Å²) in [5.74, 6) is 0.249. The normalized spacial score (nSPS) is 18.4. The summed E-state index contributed by atoms with van der Waals surface area (Å²) >= 11 is 0. The maximum atomic E-state index is 12.0. The van der Waals surface area contributed by atoms with Crippen molar-refractivity contribution in [1.82, 2.24) is 14.9 Å². The highest BCUT2D eigenvalue weighted by molar-refractivity contribution is 5.78. The van der Waals surface area contributed by atoms with Gasteiger partial charge in [0.25, 0.3) is 0 Å². The topological polar surface area (TPSA) is 67.2 Å². The molecule has 100 valence electrons. The van der Waals surface area contributed by atoms with Crippen LogP contribution in [0.15, 0.2) is 12.5 Å². The van der Waals surface area contributed by atoms with Crippen LogP contribution in [0.25, 0.3) is 0 Å². The zero-order chi connectivity index (χ0) is 12.8. The number of aryl methyl sites for hydroxylation is 1. The minimum absolute atomic E-state index is 0.0899. The number of nitrogens with zero attached hydrogens (tertiary/aromatic N) is 2. The van der Waals surface area contributed by atoms with Crippen LogP contribution in [0.4, 0.5) is 0 Å². The number of hydrogen-bond acceptors (Lipinski definition) is 3. The van der Waals surface area contributed by atoms with Crippen molar-refractivity contribution < 1.29 is 9.90 Å². The zero-order valence-corrected chi connectivity index (χ0v) is 10.6. The van der Waals surface area contributed by atoms with Crippen LogP contribution in [-0.2, 0) is 17.8 Å². The predicted molar refractivity (Wildman–Crippen MR) is 68.0 cm³/mol. The van der Waals surface area contributed by atoms with Gasteiger partial charge in [0.2, 0.25) is 5.91 Å². The van der Waals surface area contributed by atoms with Gasteiger partial charge in [0.1, 0.15) is 0 Å². The van der Waals surface area contributed by atoms with Crippen LogP contribution in [0.3, 0.4) is 0 Å². The molecule has 0 bridgehead atoms. The van der Waals surface area contributed by atoms with E-state index in [1.54, 1.807) is 0 Å². The van der Waals surface area contributed by atoms with Gasteiger partial charge in [-0.1, -0.05) is 0 Å². The number of hydrogen-bond donors (Lipinski definition) is 2. The molecule has 1 unspecified atom stereocenters. The molecule has 0 saturated heterocycles. The Labute approximate surface area is 107 Å². The lowest BCUT2D eigenvalue weighted by Crippen LogP contribution is -2.35. The monoisotopic (exact) mass is 251 g/mol. The van der Waals surface area contributed by atoms with E-state index in [2.05, 4.69) is 14.9 Å². The van der Waals surface area contributed by atoms with Crippen molar-refractivity contribution >= 4 is 5.91 Å². The number of carbonyl (C=O) groups is 1. The molecule has 2 N–H and O–H groups in total. The molecule has 1 atom stereocenters. The van der Waals surface area contributed by atoms with Crippen molar-refractivity contribution in [2.24, 2.45) is 5.92 Å². The molecule has 1 aliphatic rings. The minimum Gasteiger partial charge on any atom is -0.396 e. The Balaban J connectivity index is 1.71. The summed E-state index contributed by atoms with van der Waals surface area (Å²) in [6, 6.07) is 0. The molecule has 2 rings (SSSR count). The lowest BCUT2D eigenvalue weighted by molar-refractivity contribution is -0.125. The largest absolute Gasteiger partial charge is 0.396 e. The molecule has 1 aliphatic heterocycles. The van der Waals surface area contributed by atoms with Crippen LogP contribution in [-0.4, -0.2) is 33.7 Å². The van der Waals surface area contributed by atoms with Gasteiger partial charge in [-0.15, -0.1) is 0 Å². The summed E-state index contributed by atoms with van der Waals surface area (Å²) in [6.07, 6.45) is 8.09. The first-order valence-corrected chi connectivity index (χ1v) is 6.69. The van der Waals surface area contributed by atoms with E-state index >= 15 is 0 Å². The summed E-state index contributed by atoms with van der Waals surface area (Å²) in [5, 5.41) is 11.6. The lowest BCUT2D eigenvalue weighted by atomic mass is 9.95. The molecule has 0 fully saturated rings. The highest BCUT2D eigenvalue weighted by atomic mass is 16.2. The van der Waals surface area contributed by atoms with Crippen molar-refractivity contribution in [3.8, 4) is 0 Å². The number of fused-ring (bicyclic) bond motifs is 1. The fraction of sp³-hybridized carbons (Fsp3) is 0.692. The van der Waals surface area contributed by atoms with Gasteiger partial charge in [-0.3, -0.25) is 4.79 Å². The average molecular weight is 251 g/mol. The van der Waals surface area contributed by atoms with Gasteiger partial charge < -0.3 is 15.0 Å². The van der Waals surface area contributed by atoms with Gasteiger partial charge in [-0.05, 0) is 25.7 Å². The quantitative estimate of drug-likeness (QED) is 0.732. The number of nitrogens with one attached hydrogen (secondary N) is 1. The van der Waals surface area contributed by atoms with Crippen molar-refractivity contribution in [2.75, 3.05) is 13.2 Å². The van der Waals surface area contributed by atoms with Crippen LogP contribution in [0.1, 0.15) is 31.4 Å². The highest BCUT2D eigenvalue weighted by Crippen LogP contribution is 2.19. The molecule has 5 heteroatoms. The molecular formula is C13H21N3O2. The average Bonchev–Trinajstić information content (AvgIpc) is 2.85. The number of aliphatic hydroxyl groups is 1. The minimum atomic E-state index is 0.0899. The SMILES string of the molecule is O=C(NCCCCCO)C1CCn2cncc2C1. The Kier molecular flexibility index (Phi) is 4.75. The number of carbonyl (C=O) groups excluding carboxylic acids is 1. The van der Waals surface area contributed by atoms with E-state index in [1.807, 2.05) is 12.5 Å². The van der Waals surface area contributed by atoms with E-state index in [0.29, 0.717) is 6.54 Å². The molecule has 1 amide bonds. The van der Waals surface area contributed by atoms with Gasteiger partial charge in [0.05, 0.1) is 6.33 Å². The summed E-state index contributed by atoms with van der Waals surface area (Å²) in [6.45, 7) is 1.84. The maximum Gasteiger partial charge on any atom is 0.223 e. The third-order valence-electron chi connectivity index (χ3n) is 3.48. The lowest BCUT2D eigenvalue weighted by Gasteiger charge is -2.22. The third kappa shape index (κ3) is 3.32. The fourth-order valence-corrected chi connectivity index (χ4v) is 2.36. The van der Waals surface area contributed by atoms with E-state index in [4.69, 9.17) is 5.11 Å². The standard InChI is InChI=1S/C13H21N3O2/c17-7-3-1-2-5-15-13(18)11-4-6-16-10-14-9-12(16)8-11/h9-11,17H,1-8H2,(H,15,18). The van der Waals surface area contributed by atoms with Crippen molar-refractivity contribution in [1.29, 1.82) is 0 Å². The Bertz CT molecular complexity index is 389. The van der Waals surface area contributed by atoms with E-state index in [1.165, 1.54) is 0 Å². The predicted octanol–water partition coefficient (Wildman–Crippen LogP) is 0.724. The molecule has 1 aromatic rings. The van der Waals surface area contributed by atoms with Gasteiger partial charge >= 0.3 is 0 Å². The van der Waals surface area contributed by atoms with Crippen molar-refractivity contribution in [3.63, 3.8) is 0 Å². The molecule has 18 heavy (non-hydrogen) atoms. The second-order valence-corrected chi connectivity index (χ2v) is 4.84. The van der Waals surface area contributed by atoms with E-state index in [-0.39, 0.29) is 18.4 Å². The number of aromatic nitrogens is 2. The second kappa shape index (κ2) is 6.54. The Morgan fingerprint density at radius 1 is 1.50 bits per heavy atom. The van der Waals surface area contributed by atoms with Crippen molar-refractivity contribution in [3.05, 3.63) is 18.2 Å². The molecule has 1 aromatic heterocycles. The van der Waals surface area contributed by atoms with E-state index < -0.39 is 0 Å². The molecule has 0 aromatic carbocycles. The number of imidazole rings is 1. The van der Waals surface area contributed by atoms with Gasteiger partial charge in [-0.25, -0.2) is 4.98 Å². The van der Waals surface area contributed by atoms with Crippen molar-refractivity contribution in [2.45, 2.75) is 38.6 Å². The summed E-state index contributed by atoms with van der Waals surface area (Å²) in [4.78, 5) is 16.1. The smallest absolute Gasteiger partial charge is 0.223 e. The Hall–Kier alpha value is -1.36. The van der Waals surface area contributed by atoms with E-state index in [9.17, 15) is 4.79 Å². The molecule has 2 heterocycles.